The Morgan fingerprint density at radius 3 is 2.44 bits per heavy atom. The molecule has 1 rings (SSSR count). The van der Waals surface area contributed by atoms with E-state index in [0.29, 0.717) is 31.4 Å². The molecule has 0 aromatic carbocycles. The molecule has 0 amide bonds. The van der Waals surface area contributed by atoms with Gasteiger partial charge in [0.05, 0.1) is 6.61 Å². The van der Waals surface area contributed by atoms with Crippen LogP contribution in [0.4, 0.5) is 0 Å². The normalized spacial score (nSPS) is 17.6. The minimum absolute atomic E-state index is 0. The van der Waals surface area contributed by atoms with Gasteiger partial charge in [0.1, 0.15) is 0 Å². The average molecular weight is 278 g/mol. The van der Waals surface area contributed by atoms with E-state index in [1.807, 2.05) is 0 Å². The maximum Gasteiger partial charge on any atom is 0.306 e. The van der Waals surface area contributed by atoms with Crippen LogP contribution in [0.25, 0.3) is 0 Å². The fraction of sp³-hybridized carbons (Fsp3) is 0.929. The number of esters is 1. The molecule has 0 unspecified atom stereocenters. The predicted octanol–water partition coefficient (Wildman–Crippen LogP) is 3.15. The Morgan fingerprint density at radius 1 is 1.33 bits per heavy atom. The summed E-state index contributed by atoms with van der Waals surface area (Å²) in [7, 11) is 0. The SMILES string of the molecule is CC(C)C[C@H](CN)CC(=O)OCC1CCCC1.Cl. The topological polar surface area (TPSA) is 52.3 Å². The van der Waals surface area contributed by atoms with Crippen LogP contribution >= 0.6 is 12.4 Å². The molecule has 108 valence electrons. The first kappa shape index (κ1) is 17.7. The number of halogens is 1. The quantitative estimate of drug-likeness (QED) is 0.727. The first-order valence-corrected chi connectivity index (χ1v) is 6.97. The maximum absolute atomic E-state index is 11.7. The molecular formula is C14H28ClNO2. The zero-order valence-corrected chi connectivity index (χ0v) is 12.5. The molecule has 1 atom stereocenters. The van der Waals surface area contributed by atoms with Crippen LogP contribution in [0.5, 0.6) is 0 Å². The van der Waals surface area contributed by atoms with Gasteiger partial charge in [-0.05, 0) is 43.6 Å². The van der Waals surface area contributed by atoms with E-state index in [-0.39, 0.29) is 24.3 Å². The molecule has 0 aromatic rings. The lowest BCUT2D eigenvalue weighted by Crippen LogP contribution is -2.22. The van der Waals surface area contributed by atoms with E-state index in [4.69, 9.17) is 10.5 Å². The summed E-state index contributed by atoms with van der Waals surface area (Å²) in [4.78, 5) is 11.7. The fourth-order valence-corrected chi connectivity index (χ4v) is 2.61. The van der Waals surface area contributed by atoms with E-state index in [1.54, 1.807) is 0 Å². The monoisotopic (exact) mass is 277 g/mol. The summed E-state index contributed by atoms with van der Waals surface area (Å²) in [5.74, 6) is 1.42. The van der Waals surface area contributed by atoms with Gasteiger partial charge >= 0.3 is 5.97 Å². The van der Waals surface area contributed by atoms with Gasteiger partial charge in [-0.3, -0.25) is 4.79 Å². The zero-order chi connectivity index (χ0) is 12.7. The van der Waals surface area contributed by atoms with E-state index in [1.165, 1.54) is 25.7 Å². The summed E-state index contributed by atoms with van der Waals surface area (Å²) < 4.78 is 5.35. The summed E-state index contributed by atoms with van der Waals surface area (Å²) in [5.41, 5.74) is 5.68. The van der Waals surface area contributed by atoms with E-state index < -0.39 is 0 Å². The number of hydrogen-bond acceptors (Lipinski definition) is 3. The van der Waals surface area contributed by atoms with Crippen molar-refractivity contribution in [1.82, 2.24) is 0 Å². The van der Waals surface area contributed by atoms with Gasteiger partial charge in [0.15, 0.2) is 0 Å². The summed E-state index contributed by atoms with van der Waals surface area (Å²) in [6.45, 7) is 5.52. The lowest BCUT2D eigenvalue weighted by molar-refractivity contribution is -0.146. The van der Waals surface area contributed by atoms with Crippen LogP contribution in [-0.2, 0) is 9.53 Å². The van der Waals surface area contributed by atoms with Crippen LogP contribution in [0.3, 0.4) is 0 Å². The highest BCUT2D eigenvalue weighted by Gasteiger charge is 2.19. The molecule has 1 fully saturated rings. The van der Waals surface area contributed by atoms with Crippen LogP contribution < -0.4 is 5.73 Å². The van der Waals surface area contributed by atoms with Crippen LogP contribution in [0.2, 0.25) is 0 Å². The van der Waals surface area contributed by atoms with Crippen LogP contribution in [0.15, 0.2) is 0 Å². The van der Waals surface area contributed by atoms with Crippen LogP contribution in [0, 0.1) is 17.8 Å². The smallest absolute Gasteiger partial charge is 0.306 e. The average Bonchev–Trinajstić information content (AvgIpc) is 2.77. The van der Waals surface area contributed by atoms with Crippen molar-refractivity contribution < 1.29 is 9.53 Å². The minimum Gasteiger partial charge on any atom is -0.465 e. The fourth-order valence-electron chi connectivity index (χ4n) is 2.61. The largest absolute Gasteiger partial charge is 0.465 e. The summed E-state index contributed by atoms with van der Waals surface area (Å²) in [5, 5.41) is 0. The molecule has 0 saturated heterocycles. The third-order valence-corrected chi connectivity index (χ3v) is 3.55. The van der Waals surface area contributed by atoms with Crippen molar-refractivity contribution in [1.29, 1.82) is 0 Å². The lowest BCUT2D eigenvalue weighted by atomic mass is 9.94. The number of nitrogens with two attached hydrogens (primary N) is 1. The second-order valence-corrected chi connectivity index (χ2v) is 5.77. The molecule has 0 bridgehead atoms. The van der Waals surface area contributed by atoms with E-state index in [9.17, 15) is 4.79 Å². The molecule has 1 aliphatic rings. The minimum atomic E-state index is -0.0620. The van der Waals surface area contributed by atoms with Crippen molar-refractivity contribution in [3.63, 3.8) is 0 Å². The summed E-state index contributed by atoms with van der Waals surface area (Å²) >= 11 is 0. The molecule has 0 heterocycles. The lowest BCUT2D eigenvalue weighted by Gasteiger charge is -2.17. The number of carbonyl (C=O) groups is 1. The molecule has 0 aromatic heterocycles. The van der Waals surface area contributed by atoms with Gasteiger partial charge in [-0.1, -0.05) is 26.7 Å². The number of rotatable bonds is 7. The molecule has 0 radical (unpaired) electrons. The van der Waals surface area contributed by atoms with Gasteiger partial charge < -0.3 is 10.5 Å². The Bertz CT molecular complexity index is 228. The molecule has 0 aliphatic heterocycles. The Hall–Kier alpha value is -0.280. The Balaban J connectivity index is 0.00000289. The van der Waals surface area contributed by atoms with Gasteiger partial charge in [-0.2, -0.15) is 0 Å². The van der Waals surface area contributed by atoms with E-state index in [2.05, 4.69) is 13.8 Å². The Kier molecular flexibility index (Phi) is 9.47. The molecule has 1 saturated carbocycles. The van der Waals surface area contributed by atoms with Crippen molar-refractivity contribution >= 4 is 18.4 Å². The third kappa shape index (κ3) is 7.22. The predicted molar refractivity (Wildman–Crippen MR) is 76.8 cm³/mol. The van der Waals surface area contributed by atoms with Crippen LogP contribution in [0.1, 0.15) is 52.4 Å². The van der Waals surface area contributed by atoms with E-state index in [0.717, 1.165) is 6.42 Å². The van der Waals surface area contributed by atoms with Gasteiger partial charge in [-0.15, -0.1) is 12.4 Å². The highest BCUT2D eigenvalue weighted by Crippen LogP contribution is 2.25. The molecule has 4 heteroatoms. The van der Waals surface area contributed by atoms with Gasteiger partial charge in [-0.25, -0.2) is 0 Å². The maximum atomic E-state index is 11.7. The molecule has 0 spiro atoms. The Labute approximate surface area is 117 Å². The molecule has 3 nitrogen and oxygen atoms in total. The molecular weight excluding hydrogens is 250 g/mol. The van der Waals surface area contributed by atoms with Crippen LogP contribution in [-0.4, -0.2) is 19.1 Å². The van der Waals surface area contributed by atoms with Crippen molar-refractivity contribution in [2.24, 2.45) is 23.5 Å². The third-order valence-electron chi connectivity index (χ3n) is 3.55. The molecule has 18 heavy (non-hydrogen) atoms. The number of hydrogen-bond donors (Lipinski definition) is 1. The van der Waals surface area contributed by atoms with Gasteiger partial charge in [0.25, 0.3) is 0 Å². The molecule has 1 aliphatic carbocycles. The first-order chi connectivity index (χ1) is 8.11. The number of ether oxygens (including phenoxy) is 1. The molecule has 2 N–H and O–H groups in total. The van der Waals surface area contributed by atoms with E-state index >= 15 is 0 Å². The van der Waals surface area contributed by atoms with Crippen molar-refractivity contribution in [2.75, 3.05) is 13.2 Å². The van der Waals surface area contributed by atoms with Gasteiger partial charge in [0, 0.05) is 6.42 Å². The standard InChI is InChI=1S/C14H27NO2.ClH/c1-11(2)7-13(9-15)8-14(16)17-10-12-5-3-4-6-12;/h11-13H,3-10,15H2,1-2H3;1H/t13-;/m0./s1. The first-order valence-electron chi connectivity index (χ1n) is 6.97. The Morgan fingerprint density at radius 2 is 1.94 bits per heavy atom. The highest BCUT2D eigenvalue weighted by atomic mass is 35.5. The number of carbonyl (C=O) groups excluding carboxylic acids is 1. The second-order valence-electron chi connectivity index (χ2n) is 5.77. The second kappa shape index (κ2) is 9.62. The van der Waals surface area contributed by atoms with Gasteiger partial charge in [0.2, 0.25) is 0 Å². The summed E-state index contributed by atoms with van der Waals surface area (Å²) in [6, 6.07) is 0. The summed E-state index contributed by atoms with van der Waals surface area (Å²) in [6.07, 6.45) is 6.53. The van der Waals surface area contributed by atoms with Crippen molar-refractivity contribution in [3.05, 3.63) is 0 Å². The zero-order valence-electron chi connectivity index (χ0n) is 11.7. The van der Waals surface area contributed by atoms with Crippen molar-refractivity contribution in [2.45, 2.75) is 52.4 Å². The highest BCUT2D eigenvalue weighted by molar-refractivity contribution is 5.85. The van der Waals surface area contributed by atoms with Crippen molar-refractivity contribution in [3.8, 4) is 0 Å².